The second kappa shape index (κ2) is 6.91. The molecule has 0 atom stereocenters. The van der Waals surface area contributed by atoms with Crippen molar-refractivity contribution in [3.05, 3.63) is 57.5 Å². The number of thioether (sulfide) groups is 1. The van der Waals surface area contributed by atoms with E-state index in [0.29, 0.717) is 21.4 Å². The van der Waals surface area contributed by atoms with Gasteiger partial charge in [-0.15, -0.1) is 0 Å². The number of benzene rings is 2. The molecule has 3 nitrogen and oxygen atoms in total. The number of carbonyl (C=O) groups excluding carboxylic acids is 1. The van der Waals surface area contributed by atoms with Gasteiger partial charge < -0.3 is 9.47 Å². The second-order valence-corrected chi connectivity index (χ2v) is 7.13. The molecule has 1 aliphatic heterocycles. The van der Waals surface area contributed by atoms with Crippen LogP contribution in [-0.2, 0) is 0 Å². The molecule has 1 aliphatic rings. The van der Waals surface area contributed by atoms with Crippen molar-refractivity contribution in [2.75, 3.05) is 7.11 Å². The number of allylic oxidation sites excluding steroid dienone is 1. The average molecular weight is 361 g/mol. The van der Waals surface area contributed by atoms with Gasteiger partial charge in [0.25, 0.3) is 0 Å². The number of fused-ring (bicyclic) bond motifs is 1. The smallest absolute Gasteiger partial charge is 0.200 e. The van der Waals surface area contributed by atoms with Gasteiger partial charge in [-0.2, -0.15) is 0 Å². The summed E-state index contributed by atoms with van der Waals surface area (Å²) in [4.78, 5) is 14.1. The molecule has 0 saturated heterocycles. The number of hydrogen-bond donors (Lipinski definition) is 0. The van der Waals surface area contributed by atoms with Crippen molar-refractivity contribution in [3.63, 3.8) is 0 Å². The van der Waals surface area contributed by atoms with Crippen LogP contribution in [0, 0.1) is 0 Å². The highest BCUT2D eigenvalue weighted by Gasteiger charge is 2.25. The maximum absolute atomic E-state index is 12.5. The molecule has 0 aliphatic carbocycles. The predicted octanol–water partition coefficient (Wildman–Crippen LogP) is 5.47. The third-order valence-corrected chi connectivity index (χ3v) is 4.86. The van der Waals surface area contributed by atoms with E-state index >= 15 is 0 Å². The van der Waals surface area contributed by atoms with E-state index in [1.165, 1.54) is 11.8 Å². The molecule has 3 rings (SSSR count). The van der Waals surface area contributed by atoms with Crippen molar-refractivity contribution >= 4 is 35.2 Å². The van der Waals surface area contributed by atoms with Crippen molar-refractivity contribution in [3.8, 4) is 11.5 Å². The Labute approximate surface area is 150 Å². The molecule has 0 amide bonds. The van der Waals surface area contributed by atoms with Crippen LogP contribution >= 0.6 is 23.4 Å². The second-order valence-electron chi connectivity index (χ2n) is 5.64. The summed E-state index contributed by atoms with van der Waals surface area (Å²) in [6, 6.07) is 11.2. The van der Waals surface area contributed by atoms with Gasteiger partial charge in [-0.1, -0.05) is 35.5 Å². The van der Waals surface area contributed by atoms with Crippen LogP contribution in [0.2, 0.25) is 5.02 Å². The van der Waals surface area contributed by atoms with E-state index in [1.54, 1.807) is 13.2 Å². The number of Topliss-reactive ketones (excluding diaryl/α,β-unsaturated/α-hetero) is 1. The number of halogens is 1. The molecular formula is C19H17ClO3S. The van der Waals surface area contributed by atoms with Gasteiger partial charge >= 0.3 is 0 Å². The zero-order valence-electron chi connectivity index (χ0n) is 13.6. The Morgan fingerprint density at radius 1 is 1.21 bits per heavy atom. The predicted molar refractivity (Wildman–Crippen MR) is 98.4 cm³/mol. The maximum atomic E-state index is 12.5. The van der Waals surface area contributed by atoms with Crippen LogP contribution < -0.4 is 9.47 Å². The third kappa shape index (κ3) is 3.30. The Bertz CT molecular complexity index is 827. The van der Waals surface area contributed by atoms with E-state index < -0.39 is 0 Å². The van der Waals surface area contributed by atoms with Gasteiger partial charge in [-0.3, -0.25) is 4.79 Å². The lowest BCUT2D eigenvalue weighted by Crippen LogP contribution is -2.07. The summed E-state index contributed by atoms with van der Waals surface area (Å²) in [6.45, 7) is 3.85. The molecule has 0 N–H and O–H groups in total. The van der Waals surface area contributed by atoms with Crippen molar-refractivity contribution in [1.29, 1.82) is 0 Å². The van der Waals surface area contributed by atoms with Crippen LogP contribution in [0.1, 0.15) is 29.8 Å². The summed E-state index contributed by atoms with van der Waals surface area (Å²) in [5.74, 6) is 1.11. The zero-order chi connectivity index (χ0) is 17.3. The molecule has 5 heteroatoms. The summed E-state index contributed by atoms with van der Waals surface area (Å²) in [5.41, 5.74) is 1.54. The number of methoxy groups -OCH3 is 1. The fraction of sp³-hybridized carbons (Fsp3) is 0.211. The number of carbonyl (C=O) groups is 1. The summed E-state index contributed by atoms with van der Waals surface area (Å²) < 4.78 is 11.1. The monoisotopic (exact) mass is 360 g/mol. The number of ether oxygens (including phenoxy) is 2. The molecule has 0 saturated carbocycles. The van der Waals surface area contributed by atoms with Gasteiger partial charge in [-0.25, -0.2) is 0 Å². The van der Waals surface area contributed by atoms with Crippen molar-refractivity contribution in [1.82, 2.24) is 0 Å². The third-order valence-electron chi connectivity index (χ3n) is 3.48. The van der Waals surface area contributed by atoms with Crippen LogP contribution in [0.5, 0.6) is 11.5 Å². The molecule has 2 aromatic rings. The van der Waals surface area contributed by atoms with E-state index in [9.17, 15) is 4.79 Å². The highest BCUT2D eigenvalue weighted by Crippen LogP contribution is 2.42. The first-order valence-electron chi connectivity index (χ1n) is 7.57. The SMILES string of the molecule is COc1cc(C=C2Sc3ccccc3C2=O)cc(Cl)c1OC(C)C. The first kappa shape index (κ1) is 16.9. The van der Waals surface area contributed by atoms with Gasteiger partial charge in [0.05, 0.1) is 23.1 Å². The lowest BCUT2D eigenvalue weighted by molar-refractivity contribution is 0.104. The molecule has 0 bridgehead atoms. The van der Waals surface area contributed by atoms with Gasteiger partial charge in [0.1, 0.15) is 0 Å². The topological polar surface area (TPSA) is 35.5 Å². The van der Waals surface area contributed by atoms with Crippen molar-refractivity contribution in [2.45, 2.75) is 24.8 Å². The lowest BCUT2D eigenvalue weighted by atomic mass is 10.1. The van der Waals surface area contributed by atoms with E-state index in [-0.39, 0.29) is 11.9 Å². The molecule has 124 valence electrons. The fourth-order valence-electron chi connectivity index (χ4n) is 2.46. The van der Waals surface area contributed by atoms with Crippen LogP contribution in [0.4, 0.5) is 0 Å². The fourth-order valence-corrected chi connectivity index (χ4v) is 3.78. The highest BCUT2D eigenvalue weighted by molar-refractivity contribution is 8.04. The Kier molecular flexibility index (Phi) is 4.88. The Balaban J connectivity index is 1.97. The molecular weight excluding hydrogens is 344 g/mol. The molecule has 1 heterocycles. The van der Waals surface area contributed by atoms with E-state index in [4.69, 9.17) is 21.1 Å². The van der Waals surface area contributed by atoms with Crippen LogP contribution in [-0.4, -0.2) is 19.0 Å². The Morgan fingerprint density at radius 2 is 1.96 bits per heavy atom. The van der Waals surface area contributed by atoms with E-state index in [0.717, 1.165) is 16.0 Å². The Hall–Kier alpha value is -1.91. The quantitative estimate of drug-likeness (QED) is 0.678. The molecule has 0 spiro atoms. The minimum atomic E-state index is -0.0120. The number of hydrogen-bond acceptors (Lipinski definition) is 4. The minimum absolute atomic E-state index is 0.0120. The van der Waals surface area contributed by atoms with Crippen molar-refractivity contribution in [2.24, 2.45) is 0 Å². The van der Waals surface area contributed by atoms with E-state index in [1.807, 2.05) is 50.3 Å². The largest absolute Gasteiger partial charge is 0.493 e. The van der Waals surface area contributed by atoms with Gasteiger partial charge in [0, 0.05) is 10.5 Å². The zero-order valence-corrected chi connectivity index (χ0v) is 15.2. The molecule has 2 aromatic carbocycles. The molecule has 0 radical (unpaired) electrons. The molecule has 0 fully saturated rings. The van der Waals surface area contributed by atoms with Crippen LogP contribution in [0.15, 0.2) is 46.2 Å². The highest BCUT2D eigenvalue weighted by atomic mass is 35.5. The van der Waals surface area contributed by atoms with Crippen LogP contribution in [0.25, 0.3) is 6.08 Å². The minimum Gasteiger partial charge on any atom is -0.493 e. The number of rotatable bonds is 4. The van der Waals surface area contributed by atoms with E-state index in [2.05, 4.69) is 0 Å². The molecule has 24 heavy (non-hydrogen) atoms. The lowest BCUT2D eigenvalue weighted by Gasteiger charge is -2.15. The summed E-state index contributed by atoms with van der Waals surface area (Å²) >= 11 is 7.81. The van der Waals surface area contributed by atoms with Gasteiger partial charge in [0.15, 0.2) is 11.5 Å². The first-order valence-corrected chi connectivity index (χ1v) is 8.76. The molecule has 0 unspecified atom stereocenters. The summed E-state index contributed by atoms with van der Waals surface area (Å²) in [6.07, 6.45) is 1.82. The van der Waals surface area contributed by atoms with Crippen molar-refractivity contribution < 1.29 is 14.3 Å². The average Bonchev–Trinajstić information content (AvgIpc) is 2.86. The first-order chi connectivity index (χ1) is 11.5. The normalized spacial score (nSPS) is 15.0. The summed E-state index contributed by atoms with van der Waals surface area (Å²) in [5, 5.41) is 0.461. The maximum Gasteiger partial charge on any atom is 0.200 e. The van der Waals surface area contributed by atoms with Gasteiger partial charge in [0.2, 0.25) is 5.78 Å². The Morgan fingerprint density at radius 3 is 2.62 bits per heavy atom. The van der Waals surface area contributed by atoms with Crippen LogP contribution in [0.3, 0.4) is 0 Å². The van der Waals surface area contributed by atoms with Gasteiger partial charge in [-0.05, 0) is 49.8 Å². The standard InChI is InChI=1S/C19H17ClO3S/c1-11(2)23-19-14(20)8-12(9-15(19)22-3)10-17-18(21)13-6-4-5-7-16(13)24-17/h4-11H,1-3H3. The molecule has 0 aromatic heterocycles. The summed E-state index contributed by atoms with van der Waals surface area (Å²) in [7, 11) is 1.57. The number of ketones is 1.